The molecule has 0 radical (unpaired) electrons. The molecule has 2 rings (SSSR count). The molecule has 0 aliphatic rings. The van der Waals surface area contributed by atoms with Crippen LogP contribution in [0.5, 0.6) is 0 Å². The van der Waals surface area contributed by atoms with Gasteiger partial charge in [-0.15, -0.1) is 11.3 Å². The Morgan fingerprint density at radius 1 is 1.20 bits per heavy atom. The van der Waals surface area contributed by atoms with Gasteiger partial charge in [0.15, 0.2) is 0 Å². The highest BCUT2D eigenvalue weighted by Crippen LogP contribution is 2.18. The molecule has 0 saturated heterocycles. The number of nitrogens with one attached hydrogen (secondary N) is 1. The number of hydrogen-bond donors (Lipinski definition) is 2. The second-order valence-electron chi connectivity index (χ2n) is 4.58. The van der Waals surface area contributed by atoms with E-state index < -0.39 is 16.1 Å². The Morgan fingerprint density at radius 3 is 2.35 bits per heavy atom. The Bertz CT molecular complexity index is 673. The van der Waals surface area contributed by atoms with Crippen LogP contribution in [0.25, 0.3) is 0 Å². The normalized spacial score (nSPS) is 13.3. The van der Waals surface area contributed by atoms with Crippen LogP contribution >= 0.6 is 11.3 Å². The smallest absolute Gasteiger partial charge is 0.240 e. The van der Waals surface area contributed by atoms with Gasteiger partial charge in [-0.05, 0) is 43.7 Å². The van der Waals surface area contributed by atoms with E-state index in [4.69, 9.17) is 0 Å². The number of sulfonamides is 1. The summed E-state index contributed by atoms with van der Waals surface area (Å²) in [7, 11) is -3.52. The average Bonchev–Trinajstić information content (AvgIpc) is 2.82. The molecule has 0 fully saturated rings. The van der Waals surface area contributed by atoms with E-state index in [0.717, 1.165) is 9.75 Å². The molecule has 0 aliphatic carbocycles. The predicted molar refractivity (Wildman–Crippen MR) is 80.2 cm³/mol. The molecule has 108 valence electrons. The molecule has 2 aromatic rings. The van der Waals surface area contributed by atoms with E-state index in [9.17, 15) is 13.5 Å². The highest BCUT2D eigenvalue weighted by molar-refractivity contribution is 7.89. The maximum Gasteiger partial charge on any atom is 0.240 e. The first kappa shape index (κ1) is 15.2. The monoisotopic (exact) mass is 311 g/mol. The van der Waals surface area contributed by atoms with Gasteiger partial charge in [-0.1, -0.05) is 12.1 Å². The van der Waals surface area contributed by atoms with Gasteiger partial charge in [-0.2, -0.15) is 0 Å². The second kappa shape index (κ2) is 6.05. The number of hydrogen-bond acceptors (Lipinski definition) is 4. The van der Waals surface area contributed by atoms with Gasteiger partial charge < -0.3 is 5.11 Å². The SMILES string of the molecule is Cc1ccc(CNS(=O)(=O)c2ccc(C(C)O)cc2)s1. The van der Waals surface area contributed by atoms with E-state index in [-0.39, 0.29) is 4.90 Å². The Hall–Kier alpha value is -1.21. The summed E-state index contributed by atoms with van der Waals surface area (Å²) in [5, 5.41) is 9.41. The number of aryl methyl sites for hydroxylation is 1. The van der Waals surface area contributed by atoms with Crippen molar-refractivity contribution in [3.63, 3.8) is 0 Å². The van der Waals surface area contributed by atoms with Crippen LogP contribution < -0.4 is 4.72 Å². The largest absolute Gasteiger partial charge is 0.389 e. The summed E-state index contributed by atoms with van der Waals surface area (Å²) in [5.41, 5.74) is 0.692. The number of rotatable bonds is 5. The highest BCUT2D eigenvalue weighted by atomic mass is 32.2. The van der Waals surface area contributed by atoms with Crippen molar-refractivity contribution in [1.29, 1.82) is 0 Å². The molecular weight excluding hydrogens is 294 g/mol. The number of benzene rings is 1. The van der Waals surface area contributed by atoms with Gasteiger partial charge in [0.25, 0.3) is 0 Å². The fourth-order valence-electron chi connectivity index (χ4n) is 1.76. The molecule has 1 aromatic heterocycles. The lowest BCUT2D eigenvalue weighted by Crippen LogP contribution is -2.22. The van der Waals surface area contributed by atoms with Crippen molar-refractivity contribution in [3.05, 3.63) is 51.7 Å². The Balaban J connectivity index is 2.09. The molecule has 1 unspecified atom stereocenters. The lowest BCUT2D eigenvalue weighted by molar-refractivity contribution is 0.199. The molecule has 4 nitrogen and oxygen atoms in total. The Labute approximate surface area is 123 Å². The van der Waals surface area contributed by atoms with E-state index >= 15 is 0 Å². The van der Waals surface area contributed by atoms with Crippen LogP contribution in [0.2, 0.25) is 0 Å². The topological polar surface area (TPSA) is 66.4 Å². The zero-order chi connectivity index (χ0) is 14.8. The van der Waals surface area contributed by atoms with Crippen molar-refractivity contribution in [2.75, 3.05) is 0 Å². The van der Waals surface area contributed by atoms with Crippen LogP contribution in [-0.2, 0) is 16.6 Å². The molecule has 1 aromatic carbocycles. The summed E-state index contributed by atoms with van der Waals surface area (Å²) in [4.78, 5) is 2.34. The minimum atomic E-state index is -3.52. The standard InChI is InChI=1S/C14H17NO3S2/c1-10-3-6-13(19-10)9-15-20(17,18)14-7-4-12(5-8-14)11(2)16/h3-8,11,15-16H,9H2,1-2H3. The van der Waals surface area contributed by atoms with Crippen LogP contribution in [0.1, 0.15) is 28.3 Å². The summed E-state index contributed by atoms with van der Waals surface area (Å²) < 4.78 is 26.8. The summed E-state index contributed by atoms with van der Waals surface area (Å²) in [6, 6.07) is 10.1. The third-order valence-corrected chi connectivity index (χ3v) is 5.32. The zero-order valence-corrected chi connectivity index (χ0v) is 13.0. The van der Waals surface area contributed by atoms with Gasteiger partial charge in [0.05, 0.1) is 11.0 Å². The zero-order valence-electron chi connectivity index (χ0n) is 11.3. The Kier molecular flexibility index (Phi) is 4.59. The van der Waals surface area contributed by atoms with Gasteiger partial charge in [-0.3, -0.25) is 0 Å². The molecule has 1 atom stereocenters. The molecule has 0 amide bonds. The van der Waals surface area contributed by atoms with E-state index in [1.807, 2.05) is 19.1 Å². The molecule has 20 heavy (non-hydrogen) atoms. The maximum atomic E-state index is 12.1. The van der Waals surface area contributed by atoms with E-state index in [0.29, 0.717) is 12.1 Å². The molecule has 0 spiro atoms. The van der Waals surface area contributed by atoms with Crippen LogP contribution in [-0.4, -0.2) is 13.5 Å². The number of aliphatic hydroxyl groups excluding tert-OH is 1. The van der Waals surface area contributed by atoms with E-state index in [1.165, 1.54) is 12.1 Å². The molecule has 2 N–H and O–H groups in total. The molecule has 0 aliphatic heterocycles. The van der Waals surface area contributed by atoms with Crippen molar-refractivity contribution in [2.45, 2.75) is 31.4 Å². The fraction of sp³-hybridized carbons (Fsp3) is 0.286. The minimum Gasteiger partial charge on any atom is -0.389 e. The first-order valence-electron chi connectivity index (χ1n) is 6.21. The molecular formula is C14H17NO3S2. The van der Waals surface area contributed by atoms with Gasteiger partial charge >= 0.3 is 0 Å². The average molecular weight is 311 g/mol. The van der Waals surface area contributed by atoms with E-state index in [2.05, 4.69) is 4.72 Å². The van der Waals surface area contributed by atoms with Crippen molar-refractivity contribution in [3.8, 4) is 0 Å². The van der Waals surface area contributed by atoms with Crippen LogP contribution in [0, 0.1) is 6.92 Å². The van der Waals surface area contributed by atoms with Crippen LogP contribution in [0.4, 0.5) is 0 Å². The second-order valence-corrected chi connectivity index (χ2v) is 7.72. The van der Waals surface area contributed by atoms with Crippen molar-refractivity contribution in [1.82, 2.24) is 4.72 Å². The molecule has 0 saturated carbocycles. The quantitative estimate of drug-likeness (QED) is 0.892. The summed E-state index contributed by atoms with van der Waals surface area (Å²) in [6.07, 6.45) is -0.603. The van der Waals surface area contributed by atoms with Crippen molar-refractivity contribution >= 4 is 21.4 Å². The first-order chi connectivity index (χ1) is 9.38. The van der Waals surface area contributed by atoms with Gasteiger partial charge in [0.2, 0.25) is 10.0 Å². The predicted octanol–water partition coefficient (Wildman–Crippen LogP) is 2.59. The summed E-state index contributed by atoms with van der Waals surface area (Å²) >= 11 is 1.57. The number of thiophene rings is 1. The molecule has 6 heteroatoms. The highest BCUT2D eigenvalue weighted by Gasteiger charge is 2.14. The molecule has 0 bridgehead atoms. The fourth-order valence-corrected chi connectivity index (χ4v) is 3.68. The third-order valence-electron chi connectivity index (χ3n) is 2.91. The van der Waals surface area contributed by atoms with Crippen molar-refractivity contribution < 1.29 is 13.5 Å². The Morgan fingerprint density at radius 2 is 1.85 bits per heavy atom. The summed E-state index contributed by atoms with van der Waals surface area (Å²) in [6.45, 7) is 3.91. The van der Waals surface area contributed by atoms with Crippen molar-refractivity contribution in [2.24, 2.45) is 0 Å². The maximum absolute atomic E-state index is 12.1. The summed E-state index contributed by atoms with van der Waals surface area (Å²) in [5.74, 6) is 0. The first-order valence-corrected chi connectivity index (χ1v) is 8.51. The van der Waals surface area contributed by atoms with E-state index in [1.54, 1.807) is 30.4 Å². The van der Waals surface area contributed by atoms with Gasteiger partial charge in [0, 0.05) is 16.3 Å². The molecule has 1 heterocycles. The minimum absolute atomic E-state index is 0.204. The third kappa shape index (κ3) is 3.67. The van der Waals surface area contributed by atoms with Crippen LogP contribution in [0.15, 0.2) is 41.3 Å². The van der Waals surface area contributed by atoms with Crippen LogP contribution in [0.3, 0.4) is 0 Å². The lowest BCUT2D eigenvalue weighted by Gasteiger charge is -2.08. The van der Waals surface area contributed by atoms with Gasteiger partial charge in [0.1, 0.15) is 0 Å². The van der Waals surface area contributed by atoms with Gasteiger partial charge in [-0.25, -0.2) is 13.1 Å². The lowest BCUT2D eigenvalue weighted by atomic mass is 10.1. The number of aliphatic hydroxyl groups is 1.